The van der Waals surface area contributed by atoms with Crippen LogP contribution in [0.2, 0.25) is 0 Å². The normalized spacial score (nSPS) is 12.1. The van der Waals surface area contributed by atoms with Crippen LogP contribution in [0.3, 0.4) is 0 Å². The van der Waals surface area contributed by atoms with Gasteiger partial charge in [0.25, 0.3) is 0 Å². The average molecular weight is 394 g/mol. The Kier molecular flexibility index (Phi) is 5.34. The zero-order chi connectivity index (χ0) is 19.3. The Hall–Kier alpha value is -3.20. The van der Waals surface area contributed by atoms with Gasteiger partial charge in [0.2, 0.25) is 16.9 Å². The Balaban J connectivity index is 1.46. The number of ether oxygens (including phenoxy) is 1. The molecule has 28 heavy (non-hydrogen) atoms. The molecule has 2 aromatic heterocycles. The molecule has 1 unspecified atom stereocenters. The van der Waals surface area contributed by atoms with Crippen molar-refractivity contribution in [2.24, 2.45) is 0 Å². The van der Waals surface area contributed by atoms with Crippen LogP contribution in [-0.4, -0.2) is 37.5 Å². The van der Waals surface area contributed by atoms with E-state index >= 15 is 0 Å². The first kappa shape index (κ1) is 18.2. The molecule has 2 heterocycles. The van der Waals surface area contributed by atoms with Crippen LogP contribution in [-0.2, 0) is 6.54 Å². The molecule has 0 N–H and O–H groups in total. The predicted octanol–water partition coefficient (Wildman–Crippen LogP) is 3.63. The van der Waals surface area contributed by atoms with E-state index in [2.05, 4.69) is 25.7 Å². The Morgan fingerprint density at radius 2 is 1.89 bits per heavy atom. The number of thioether (sulfide) groups is 1. The van der Waals surface area contributed by atoms with E-state index in [9.17, 15) is 0 Å². The minimum Gasteiger partial charge on any atom is -0.497 e. The second-order valence-electron chi connectivity index (χ2n) is 6.05. The summed E-state index contributed by atoms with van der Waals surface area (Å²) in [5.41, 5.74) is 1.99. The van der Waals surface area contributed by atoms with Crippen LogP contribution in [0.5, 0.6) is 5.75 Å². The van der Waals surface area contributed by atoms with Gasteiger partial charge in [0.1, 0.15) is 5.75 Å². The molecule has 0 aliphatic rings. The van der Waals surface area contributed by atoms with Crippen LogP contribution in [0.4, 0.5) is 0 Å². The SMILES string of the molecule is COc1ccc(Cn2nnnc2SC(C)c2nc(-c3ccccc3)no2)cc1. The second-order valence-corrected chi connectivity index (χ2v) is 7.36. The Morgan fingerprint density at radius 3 is 2.64 bits per heavy atom. The van der Waals surface area contributed by atoms with Crippen LogP contribution in [0.15, 0.2) is 64.3 Å². The van der Waals surface area contributed by atoms with Gasteiger partial charge >= 0.3 is 0 Å². The molecule has 0 saturated carbocycles. The minimum atomic E-state index is -0.0921. The van der Waals surface area contributed by atoms with Crippen LogP contribution < -0.4 is 4.74 Å². The lowest BCUT2D eigenvalue weighted by Crippen LogP contribution is -2.04. The van der Waals surface area contributed by atoms with Crippen LogP contribution in [0.1, 0.15) is 23.6 Å². The van der Waals surface area contributed by atoms with Gasteiger partial charge in [0.15, 0.2) is 0 Å². The molecule has 0 spiro atoms. The largest absolute Gasteiger partial charge is 0.497 e. The zero-order valence-electron chi connectivity index (χ0n) is 15.4. The first-order valence-corrected chi connectivity index (χ1v) is 9.55. The summed E-state index contributed by atoms with van der Waals surface area (Å²) < 4.78 is 12.4. The number of rotatable bonds is 7. The third-order valence-electron chi connectivity index (χ3n) is 4.09. The van der Waals surface area contributed by atoms with Crippen LogP contribution in [0.25, 0.3) is 11.4 Å². The molecule has 9 heteroatoms. The molecular formula is C19H18N6O2S. The zero-order valence-corrected chi connectivity index (χ0v) is 16.2. The fraction of sp³-hybridized carbons (Fsp3) is 0.211. The number of methoxy groups -OCH3 is 1. The van der Waals surface area contributed by atoms with Crippen molar-refractivity contribution >= 4 is 11.8 Å². The van der Waals surface area contributed by atoms with Gasteiger partial charge in [0.05, 0.1) is 18.9 Å². The van der Waals surface area contributed by atoms with Gasteiger partial charge in [-0.2, -0.15) is 4.98 Å². The molecular weight excluding hydrogens is 376 g/mol. The summed E-state index contributed by atoms with van der Waals surface area (Å²) >= 11 is 1.47. The van der Waals surface area contributed by atoms with Crippen molar-refractivity contribution in [3.8, 4) is 17.1 Å². The van der Waals surface area contributed by atoms with Crippen molar-refractivity contribution < 1.29 is 9.26 Å². The molecule has 4 aromatic rings. The van der Waals surface area contributed by atoms with Crippen molar-refractivity contribution in [3.05, 3.63) is 66.1 Å². The highest BCUT2D eigenvalue weighted by molar-refractivity contribution is 7.99. The molecule has 1 atom stereocenters. The van der Waals surface area contributed by atoms with Crippen molar-refractivity contribution in [1.82, 2.24) is 30.3 Å². The van der Waals surface area contributed by atoms with E-state index in [4.69, 9.17) is 9.26 Å². The molecule has 0 saturated heterocycles. The summed E-state index contributed by atoms with van der Waals surface area (Å²) in [6, 6.07) is 17.5. The van der Waals surface area contributed by atoms with Gasteiger partial charge in [-0.25, -0.2) is 4.68 Å². The smallest absolute Gasteiger partial charge is 0.240 e. The molecule has 2 aromatic carbocycles. The summed E-state index contributed by atoms with van der Waals surface area (Å²) in [5, 5.41) is 16.7. The number of nitrogens with zero attached hydrogens (tertiary/aromatic N) is 6. The number of hydrogen-bond donors (Lipinski definition) is 0. The van der Waals surface area contributed by atoms with Crippen LogP contribution in [0, 0.1) is 0 Å². The highest BCUT2D eigenvalue weighted by Gasteiger charge is 2.20. The lowest BCUT2D eigenvalue weighted by Gasteiger charge is -2.07. The number of aromatic nitrogens is 6. The van der Waals surface area contributed by atoms with Crippen molar-refractivity contribution in [1.29, 1.82) is 0 Å². The van der Waals surface area contributed by atoms with Crippen molar-refractivity contribution in [2.75, 3.05) is 7.11 Å². The lowest BCUT2D eigenvalue weighted by atomic mass is 10.2. The molecule has 0 fully saturated rings. The van der Waals surface area contributed by atoms with E-state index < -0.39 is 0 Å². The van der Waals surface area contributed by atoms with E-state index in [0.29, 0.717) is 23.4 Å². The Bertz CT molecular complexity index is 1030. The molecule has 0 radical (unpaired) electrons. The quantitative estimate of drug-likeness (QED) is 0.439. The monoisotopic (exact) mass is 394 g/mol. The highest BCUT2D eigenvalue weighted by Crippen LogP contribution is 2.33. The third-order valence-corrected chi connectivity index (χ3v) is 5.15. The van der Waals surface area contributed by atoms with E-state index in [-0.39, 0.29) is 5.25 Å². The van der Waals surface area contributed by atoms with Crippen molar-refractivity contribution in [3.63, 3.8) is 0 Å². The van der Waals surface area contributed by atoms with E-state index in [0.717, 1.165) is 16.9 Å². The third kappa shape index (κ3) is 4.04. The lowest BCUT2D eigenvalue weighted by molar-refractivity contribution is 0.380. The molecule has 0 amide bonds. The summed E-state index contributed by atoms with van der Waals surface area (Å²) in [6.07, 6.45) is 0. The number of tetrazole rings is 1. The average Bonchev–Trinajstić information content (AvgIpc) is 3.39. The molecule has 0 bridgehead atoms. The maximum absolute atomic E-state index is 5.44. The summed E-state index contributed by atoms with van der Waals surface area (Å²) in [5.74, 6) is 1.91. The molecule has 0 aliphatic heterocycles. The van der Waals surface area contributed by atoms with Gasteiger partial charge in [0, 0.05) is 5.56 Å². The Morgan fingerprint density at radius 1 is 1.11 bits per heavy atom. The fourth-order valence-corrected chi connectivity index (χ4v) is 3.42. The molecule has 142 valence electrons. The van der Waals surface area contributed by atoms with Crippen LogP contribution >= 0.6 is 11.8 Å². The standard InChI is InChI=1S/C19H18N6O2S/c1-13(18-20-17(22-27-18)15-6-4-3-5-7-15)28-19-21-23-24-25(19)12-14-8-10-16(26-2)11-9-14/h3-11,13H,12H2,1-2H3. The number of hydrogen-bond acceptors (Lipinski definition) is 8. The number of benzene rings is 2. The molecule has 0 aliphatic carbocycles. The van der Waals surface area contributed by atoms with E-state index in [1.165, 1.54) is 11.8 Å². The van der Waals surface area contributed by atoms with Gasteiger partial charge in [-0.15, -0.1) is 5.10 Å². The molecule has 4 rings (SSSR count). The van der Waals surface area contributed by atoms with Gasteiger partial charge < -0.3 is 9.26 Å². The minimum absolute atomic E-state index is 0.0921. The summed E-state index contributed by atoms with van der Waals surface area (Å²) in [7, 11) is 1.65. The van der Waals surface area contributed by atoms with Gasteiger partial charge in [-0.1, -0.05) is 59.4 Å². The Labute approximate surface area is 165 Å². The van der Waals surface area contributed by atoms with Gasteiger partial charge in [-0.05, 0) is 35.0 Å². The maximum Gasteiger partial charge on any atom is 0.240 e. The van der Waals surface area contributed by atoms with Gasteiger partial charge in [-0.3, -0.25) is 0 Å². The van der Waals surface area contributed by atoms with Crippen molar-refractivity contribution in [2.45, 2.75) is 23.9 Å². The first-order valence-electron chi connectivity index (χ1n) is 8.67. The van der Waals surface area contributed by atoms with E-state index in [1.54, 1.807) is 11.8 Å². The highest BCUT2D eigenvalue weighted by atomic mass is 32.2. The fourth-order valence-electron chi connectivity index (χ4n) is 2.60. The predicted molar refractivity (Wildman–Crippen MR) is 104 cm³/mol. The summed E-state index contributed by atoms with van der Waals surface area (Å²) in [6.45, 7) is 2.55. The first-order chi connectivity index (χ1) is 13.7. The van der Waals surface area contributed by atoms with E-state index in [1.807, 2.05) is 61.5 Å². The summed E-state index contributed by atoms with van der Waals surface area (Å²) in [4.78, 5) is 4.50. The molecule has 8 nitrogen and oxygen atoms in total. The maximum atomic E-state index is 5.44. The second kappa shape index (κ2) is 8.22. The topological polar surface area (TPSA) is 91.8 Å².